The third-order valence-electron chi connectivity index (χ3n) is 2.55. The second-order valence-electron chi connectivity index (χ2n) is 3.93. The summed E-state index contributed by atoms with van der Waals surface area (Å²) in [6.45, 7) is 2.05. The highest BCUT2D eigenvalue weighted by atomic mass is 79.9. The van der Waals surface area contributed by atoms with E-state index in [9.17, 15) is 9.18 Å². The summed E-state index contributed by atoms with van der Waals surface area (Å²) in [6.07, 6.45) is -0.185. The molecule has 100 valence electrons. The normalized spacial score (nSPS) is 12.3. The summed E-state index contributed by atoms with van der Waals surface area (Å²) in [5.41, 5.74) is 6.66. The number of methoxy groups -OCH3 is 1. The Bertz CT molecular complexity index is 436. The molecular formula is C12H16BrFN2O2. The van der Waals surface area contributed by atoms with Gasteiger partial charge in [-0.05, 0) is 40.5 Å². The smallest absolute Gasteiger partial charge is 0.227 e. The number of nitrogens with two attached hydrogens (primary N) is 1. The van der Waals surface area contributed by atoms with Crippen molar-refractivity contribution in [2.45, 2.75) is 19.4 Å². The number of aryl methyl sites for hydroxylation is 1. The van der Waals surface area contributed by atoms with Crippen LogP contribution in [0, 0.1) is 12.7 Å². The molecule has 1 aromatic carbocycles. The van der Waals surface area contributed by atoms with Gasteiger partial charge in [0, 0.05) is 19.3 Å². The molecular weight excluding hydrogens is 303 g/mol. The van der Waals surface area contributed by atoms with Crippen LogP contribution in [0.4, 0.5) is 10.1 Å². The van der Waals surface area contributed by atoms with E-state index in [-0.39, 0.29) is 25.0 Å². The van der Waals surface area contributed by atoms with Gasteiger partial charge in [-0.2, -0.15) is 0 Å². The summed E-state index contributed by atoms with van der Waals surface area (Å²) in [6, 6.07) is 2.89. The largest absolute Gasteiger partial charge is 0.380 e. The molecule has 0 bridgehead atoms. The highest BCUT2D eigenvalue weighted by Crippen LogP contribution is 2.24. The molecule has 18 heavy (non-hydrogen) atoms. The van der Waals surface area contributed by atoms with Crippen LogP contribution >= 0.6 is 15.9 Å². The zero-order chi connectivity index (χ0) is 13.7. The van der Waals surface area contributed by atoms with E-state index in [0.717, 1.165) is 5.56 Å². The Morgan fingerprint density at radius 2 is 2.28 bits per heavy atom. The number of ether oxygens (including phenoxy) is 1. The van der Waals surface area contributed by atoms with Gasteiger partial charge in [0.25, 0.3) is 0 Å². The molecule has 1 aromatic rings. The van der Waals surface area contributed by atoms with Crippen LogP contribution in [0.15, 0.2) is 16.6 Å². The standard InChI is InChI=1S/C12H16BrFN2O2/c1-7-3-9(13)10(14)5-11(7)16-12(17)4-8(6-15)18-2/h3,5,8H,4,6,15H2,1-2H3,(H,16,17). The Morgan fingerprint density at radius 3 is 2.83 bits per heavy atom. The maximum Gasteiger partial charge on any atom is 0.227 e. The van der Waals surface area contributed by atoms with Crippen LogP contribution in [-0.2, 0) is 9.53 Å². The molecule has 0 aromatic heterocycles. The molecule has 0 fully saturated rings. The fraction of sp³-hybridized carbons (Fsp3) is 0.417. The molecule has 1 atom stereocenters. The first kappa shape index (κ1) is 15.1. The Balaban J connectivity index is 2.73. The van der Waals surface area contributed by atoms with Gasteiger partial charge in [-0.15, -0.1) is 0 Å². The van der Waals surface area contributed by atoms with Crippen molar-refractivity contribution >= 4 is 27.5 Å². The number of carbonyl (C=O) groups is 1. The van der Waals surface area contributed by atoms with Crippen LogP contribution in [0.1, 0.15) is 12.0 Å². The molecule has 0 heterocycles. The average molecular weight is 319 g/mol. The summed E-state index contributed by atoms with van der Waals surface area (Å²) >= 11 is 3.08. The van der Waals surface area contributed by atoms with E-state index in [1.165, 1.54) is 13.2 Å². The van der Waals surface area contributed by atoms with E-state index in [1.807, 2.05) is 0 Å². The van der Waals surface area contributed by atoms with Gasteiger partial charge in [-0.3, -0.25) is 4.79 Å². The number of amides is 1. The molecule has 4 nitrogen and oxygen atoms in total. The molecule has 3 N–H and O–H groups in total. The van der Waals surface area contributed by atoms with E-state index >= 15 is 0 Å². The lowest BCUT2D eigenvalue weighted by atomic mass is 10.2. The second kappa shape index (κ2) is 6.82. The molecule has 0 aliphatic carbocycles. The van der Waals surface area contributed by atoms with Crippen molar-refractivity contribution in [3.05, 3.63) is 28.0 Å². The van der Waals surface area contributed by atoms with Gasteiger partial charge < -0.3 is 15.8 Å². The van der Waals surface area contributed by atoms with Gasteiger partial charge in [0.15, 0.2) is 0 Å². The van der Waals surface area contributed by atoms with Gasteiger partial charge in [-0.25, -0.2) is 4.39 Å². The molecule has 1 amide bonds. The molecule has 0 saturated carbocycles. The zero-order valence-corrected chi connectivity index (χ0v) is 11.9. The van der Waals surface area contributed by atoms with E-state index in [1.54, 1.807) is 13.0 Å². The van der Waals surface area contributed by atoms with Crippen molar-refractivity contribution in [1.82, 2.24) is 0 Å². The van der Waals surface area contributed by atoms with E-state index in [2.05, 4.69) is 21.2 Å². The Kier molecular flexibility index (Phi) is 5.71. The number of anilines is 1. The minimum Gasteiger partial charge on any atom is -0.380 e. The van der Waals surface area contributed by atoms with Crippen LogP contribution < -0.4 is 11.1 Å². The van der Waals surface area contributed by atoms with Crippen LogP contribution in [0.2, 0.25) is 0 Å². The molecule has 6 heteroatoms. The Labute approximate surface area is 114 Å². The number of carbonyl (C=O) groups excluding carboxylic acids is 1. The molecule has 0 saturated heterocycles. The van der Waals surface area contributed by atoms with Gasteiger partial charge in [0.1, 0.15) is 5.82 Å². The molecule has 0 aliphatic heterocycles. The van der Waals surface area contributed by atoms with E-state index < -0.39 is 5.82 Å². The maximum absolute atomic E-state index is 13.4. The first-order chi connectivity index (χ1) is 8.47. The monoisotopic (exact) mass is 318 g/mol. The highest BCUT2D eigenvalue weighted by molar-refractivity contribution is 9.10. The summed E-state index contributed by atoms with van der Waals surface area (Å²) in [5.74, 6) is -0.671. The zero-order valence-electron chi connectivity index (χ0n) is 10.3. The molecule has 1 unspecified atom stereocenters. The summed E-state index contributed by atoms with van der Waals surface area (Å²) in [4.78, 5) is 11.7. The third kappa shape index (κ3) is 4.04. The van der Waals surface area contributed by atoms with Gasteiger partial charge in [0.05, 0.1) is 17.0 Å². The summed E-state index contributed by atoms with van der Waals surface area (Å²) in [5, 5.41) is 2.64. The number of nitrogens with one attached hydrogen (secondary N) is 1. The first-order valence-electron chi connectivity index (χ1n) is 5.46. The summed E-state index contributed by atoms with van der Waals surface area (Å²) in [7, 11) is 1.50. The maximum atomic E-state index is 13.4. The lowest BCUT2D eigenvalue weighted by Crippen LogP contribution is -2.28. The van der Waals surface area contributed by atoms with Gasteiger partial charge in [-0.1, -0.05) is 0 Å². The van der Waals surface area contributed by atoms with E-state index in [4.69, 9.17) is 10.5 Å². The Hall–Kier alpha value is -0.980. The van der Waals surface area contributed by atoms with Gasteiger partial charge >= 0.3 is 0 Å². The topological polar surface area (TPSA) is 64.3 Å². The van der Waals surface area contributed by atoms with E-state index in [0.29, 0.717) is 10.2 Å². The van der Waals surface area contributed by atoms with Crippen molar-refractivity contribution in [2.24, 2.45) is 5.73 Å². The molecule has 0 aliphatic rings. The minimum atomic E-state index is -0.419. The van der Waals surface area contributed by atoms with Crippen molar-refractivity contribution in [3.63, 3.8) is 0 Å². The molecule has 0 spiro atoms. The fourth-order valence-electron chi connectivity index (χ4n) is 1.45. The predicted octanol–water partition coefficient (Wildman–Crippen LogP) is 2.20. The number of rotatable bonds is 5. The quantitative estimate of drug-likeness (QED) is 0.874. The van der Waals surface area contributed by atoms with Crippen molar-refractivity contribution in [1.29, 1.82) is 0 Å². The predicted molar refractivity (Wildman–Crippen MR) is 71.9 cm³/mol. The number of benzene rings is 1. The highest BCUT2D eigenvalue weighted by Gasteiger charge is 2.13. The van der Waals surface area contributed by atoms with Crippen LogP contribution in [0.5, 0.6) is 0 Å². The minimum absolute atomic E-state index is 0.143. The van der Waals surface area contributed by atoms with Crippen molar-refractivity contribution in [3.8, 4) is 0 Å². The number of hydrogen-bond donors (Lipinski definition) is 2. The number of hydrogen-bond acceptors (Lipinski definition) is 3. The van der Waals surface area contributed by atoms with Crippen LogP contribution in [-0.4, -0.2) is 25.7 Å². The van der Waals surface area contributed by atoms with Crippen molar-refractivity contribution in [2.75, 3.05) is 19.0 Å². The van der Waals surface area contributed by atoms with Crippen LogP contribution in [0.3, 0.4) is 0 Å². The molecule has 0 radical (unpaired) electrons. The first-order valence-corrected chi connectivity index (χ1v) is 6.25. The SMILES string of the molecule is COC(CN)CC(=O)Nc1cc(F)c(Br)cc1C. The lowest BCUT2D eigenvalue weighted by molar-refractivity contribution is -0.118. The second-order valence-corrected chi connectivity index (χ2v) is 4.78. The third-order valence-corrected chi connectivity index (χ3v) is 3.16. The molecule has 1 rings (SSSR count). The fourth-order valence-corrected chi connectivity index (χ4v) is 1.91. The number of halogens is 2. The average Bonchev–Trinajstić information content (AvgIpc) is 2.33. The van der Waals surface area contributed by atoms with Crippen LogP contribution in [0.25, 0.3) is 0 Å². The Morgan fingerprint density at radius 1 is 1.61 bits per heavy atom. The lowest BCUT2D eigenvalue weighted by Gasteiger charge is -2.14. The van der Waals surface area contributed by atoms with Crippen molar-refractivity contribution < 1.29 is 13.9 Å². The van der Waals surface area contributed by atoms with Gasteiger partial charge in [0.2, 0.25) is 5.91 Å². The summed E-state index contributed by atoms with van der Waals surface area (Å²) < 4.78 is 18.7.